The van der Waals surface area contributed by atoms with Gasteiger partial charge in [0.05, 0.1) is 0 Å². The Morgan fingerprint density at radius 2 is 1.94 bits per heavy atom. The monoisotopic (exact) mass is 250 g/mol. The first-order chi connectivity index (χ1) is 7.54. The van der Waals surface area contributed by atoms with Gasteiger partial charge in [-0.15, -0.1) is 22.7 Å². The Hall–Kier alpha value is -0.600. The highest BCUT2D eigenvalue weighted by Crippen LogP contribution is 2.39. The Morgan fingerprint density at radius 1 is 1.19 bits per heavy atom. The molecule has 0 aliphatic heterocycles. The highest BCUT2D eigenvalue weighted by Gasteiger charge is 2.20. The number of rotatable bonds is 3. The molecule has 0 spiro atoms. The molecule has 0 aliphatic carbocycles. The molecule has 0 unspecified atom stereocenters. The van der Waals surface area contributed by atoms with E-state index in [9.17, 15) is 0 Å². The van der Waals surface area contributed by atoms with Gasteiger partial charge in [0.25, 0.3) is 0 Å². The smallest absolute Gasteiger partial charge is 0.0471 e. The van der Waals surface area contributed by atoms with E-state index in [2.05, 4.69) is 51.3 Å². The summed E-state index contributed by atoms with van der Waals surface area (Å²) in [5, 5.41) is 2.18. The van der Waals surface area contributed by atoms with Crippen LogP contribution in [0.2, 0.25) is 0 Å². The van der Waals surface area contributed by atoms with Gasteiger partial charge in [-0.25, -0.2) is 0 Å². The van der Waals surface area contributed by atoms with Gasteiger partial charge in [0.15, 0.2) is 0 Å². The van der Waals surface area contributed by atoms with Gasteiger partial charge in [0.2, 0.25) is 0 Å². The minimum absolute atomic E-state index is 0.314. The summed E-state index contributed by atoms with van der Waals surface area (Å²) < 4.78 is 0. The molecular weight excluding hydrogens is 232 g/mol. The summed E-state index contributed by atoms with van der Waals surface area (Å²) in [6, 6.07) is 6.77. The molecule has 2 aromatic heterocycles. The highest BCUT2D eigenvalue weighted by atomic mass is 32.1. The molecular formula is C14H18S2. The number of aryl methyl sites for hydroxylation is 1. The van der Waals surface area contributed by atoms with E-state index in [1.54, 1.807) is 0 Å². The molecule has 0 nitrogen and oxygen atoms in total. The largest absolute Gasteiger partial charge is 0.143 e. The van der Waals surface area contributed by atoms with Crippen LogP contribution >= 0.6 is 22.7 Å². The van der Waals surface area contributed by atoms with E-state index < -0.39 is 0 Å². The lowest BCUT2D eigenvalue weighted by molar-refractivity contribution is 0.517. The Labute approximate surface area is 106 Å². The Bertz CT molecular complexity index is 474. The average Bonchev–Trinajstić information content (AvgIpc) is 2.85. The molecule has 2 heterocycles. The molecule has 0 amide bonds. The van der Waals surface area contributed by atoms with Gasteiger partial charge in [-0.1, -0.05) is 20.8 Å². The van der Waals surface area contributed by atoms with Gasteiger partial charge in [-0.2, -0.15) is 0 Å². The van der Waals surface area contributed by atoms with E-state index in [0.29, 0.717) is 5.41 Å². The van der Waals surface area contributed by atoms with Gasteiger partial charge >= 0.3 is 0 Å². The van der Waals surface area contributed by atoms with Crippen molar-refractivity contribution in [2.45, 2.75) is 39.5 Å². The summed E-state index contributed by atoms with van der Waals surface area (Å²) in [5.41, 5.74) is 1.71. The molecule has 16 heavy (non-hydrogen) atoms. The number of hydrogen-bond donors (Lipinski definition) is 0. The zero-order valence-electron chi connectivity index (χ0n) is 10.3. The fourth-order valence-corrected chi connectivity index (χ4v) is 3.92. The molecule has 2 rings (SSSR count). The second-order valence-corrected chi connectivity index (χ2v) is 6.83. The maximum absolute atomic E-state index is 2.32. The fraction of sp³-hybridized carbons (Fsp3) is 0.429. The maximum Gasteiger partial charge on any atom is 0.0471 e. The summed E-state index contributed by atoms with van der Waals surface area (Å²) in [6.07, 6.45) is 1.19. The molecule has 0 saturated carbocycles. The zero-order valence-corrected chi connectivity index (χ0v) is 12.0. The lowest BCUT2D eigenvalue weighted by Crippen LogP contribution is -2.12. The van der Waals surface area contributed by atoms with E-state index in [-0.39, 0.29) is 0 Å². The maximum atomic E-state index is 2.32. The first kappa shape index (κ1) is 11.9. The van der Waals surface area contributed by atoms with Gasteiger partial charge < -0.3 is 0 Å². The van der Waals surface area contributed by atoms with Gasteiger partial charge in [-0.3, -0.25) is 0 Å². The Kier molecular flexibility index (Phi) is 3.22. The average molecular weight is 250 g/mol. The second kappa shape index (κ2) is 4.34. The summed E-state index contributed by atoms with van der Waals surface area (Å²) >= 11 is 3.79. The van der Waals surface area contributed by atoms with Gasteiger partial charge in [0.1, 0.15) is 0 Å². The third-order valence-electron chi connectivity index (χ3n) is 3.24. The lowest BCUT2D eigenvalue weighted by Gasteiger charge is -2.20. The van der Waals surface area contributed by atoms with Crippen molar-refractivity contribution in [2.75, 3.05) is 0 Å². The number of hydrogen-bond acceptors (Lipinski definition) is 2. The van der Waals surface area contributed by atoms with Crippen LogP contribution in [-0.2, 0) is 5.41 Å². The van der Waals surface area contributed by atoms with Crippen molar-refractivity contribution in [1.29, 1.82) is 0 Å². The van der Waals surface area contributed by atoms with Crippen molar-refractivity contribution in [3.05, 3.63) is 34.0 Å². The molecule has 0 aliphatic rings. The summed E-state index contributed by atoms with van der Waals surface area (Å²) in [7, 11) is 0. The topological polar surface area (TPSA) is 0 Å². The highest BCUT2D eigenvalue weighted by molar-refractivity contribution is 7.21. The van der Waals surface area contributed by atoms with Crippen molar-refractivity contribution < 1.29 is 0 Å². The molecule has 0 N–H and O–H groups in total. The van der Waals surface area contributed by atoms with Crippen molar-refractivity contribution in [3.8, 4) is 9.75 Å². The Morgan fingerprint density at radius 3 is 2.50 bits per heavy atom. The van der Waals surface area contributed by atoms with E-state index in [4.69, 9.17) is 0 Å². The van der Waals surface area contributed by atoms with E-state index in [1.807, 2.05) is 22.7 Å². The summed E-state index contributed by atoms with van der Waals surface area (Å²) in [5.74, 6) is 0. The quantitative estimate of drug-likeness (QED) is 0.677. The van der Waals surface area contributed by atoms with Crippen LogP contribution in [0.3, 0.4) is 0 Å². The minimum Gasteiger partial charge on any atom is -0.143 e. The predicted octanol–water partition coefficient (Wildman–Crippen LogP) is 5.47. The first-order valence-electron chi connectivity index (χ1n) is 5.69. The van der Waals surface area contributed by atoms with Crippen molar-refractivity contribution >= 4 is 22.7 Å². The second-order valence-electron chi connectivity index (χ2n) is 4.83. The standard InChI is InChI=1S/C14H18S2/c1-5-14(3,4)12-7-6-11(16-12)13-10(2)8-9-15-13/h6-9H,5H2,1-4H3. The third-order valence-corrected chi connectivity index (χ3v) is 5.89. The van der Waals surface area contributed by atoms with Crippen LogP contribution in [0.5, 0.6) is 0 Å². The van der Waals surface area contributed by atoms with E-state index in [1.165, 1.54) is 26.6 Å². The SMILES string of the molecule is CCC(C)(C)c1ccc(-c2sccc2C)s1. The Balaban J connectivity index is 2.37. The first-order valence-corrected chi connectivity index (χ1v) is 7.39. The summed E-state index contributed by atoms with van der Waals surface area (Å²) in [6.45, 7) is 9.10. The van der Waals surface area contributed by atoms with Crippen molar-refractivity contribution in [2.24, 2.45) is 0 Å². The van der Waals surface area contributed by atoms with Crippen molar-refractivity contribution in [1.82, 2.24) is 0 Å². The molecule has 86 valence electrons. The predicted molar refractivity (Wildman–Crippen MR) is 75.7 cm³/mol. The van der Waals surface area contributed by atoms with E-state index >= 15 is 0 Å². The zero-order chi connectivity index (χ0) is 11.8. The van der Waals surface area contributed by atoms with Crippen LogP contribution in [0.25, 0.3) is 9.75 Å². The summed E-state index contributed by atoms with van der Waals surface area (Å²) in [4.78, 5) is 4.35. The molecule has 2 aromatic rings. The normalized spacial score (nSPS) is 12.0. The fourth-order valence-electron chi connectivity index (χ4n) is 1.62. The van der Waals surface area contributed by atoms with Crippen LogP contribution in [-0.4, -0.2) is 0 Å². The molecule has 0 atom stereocenters. The molecule has 0 aromatic carbocycles. The lowest BCUT2D eigenvalue weighted by atomic mass is 9.89. The number of thiophene rings is 2. The van der Waals surface area contributed by atoms with Crippen molar-refractivity contribution in [3.63, 3.8) is 0 Å². The molecule has 0 saturated heterocycles. The van der Waals surface area contributed by atoms with Crippen LogP contribution in [0.15, 0.2) is 23.6 Å². The van der Waals surface area contributed by atoms with E-state index in [0.717, 1.165) is 0 Å². The molecule has 0 fully saturated rings. The van der Waals surface area contributed by atoms with Crippen LogP contribution in [0.4, 0.5) is 0 Å². The van der Waals surface area contributed by atoms with Crippen LogP contribution < -0.4 is 0 Å². The van der Waals surface area contributed by atoms with Crippen LogP contribution in [0.1, 0.15) is 37.6 Å². The van der Waals surface area contributed by atoms with Crippen LogP contribution in [0, 0.1) is 6.92 Å². The molecule has 0 bridgehead atoms. The third kappa shape index (κ3) is 2.09. The minimum atomic E-state index is 0.314. The molecule has 0 radical (unpaired) electrons. The van der Waals surface area contributed by atoms with Gasteiger partial charge in [0, 0.05) is 14.6 Å². The van der Waals surface area contributed by atoms with Gasteiger partial charge in [-0.05, 0) is 47.9 Å². The molecule has 2 heteroatoms.